The summed E-state index contributed by atoms with van der Waals surface area (Å²) in [6.45, 7) is 1.63. The van der Waals surface area contributed by atoms with Gasteiger partial charge in [0.05, 0.1) is 0 Å². The molecule has 3 aromatic rings. The number of phenols is 1. The predicted molar refractivity (Wildman–Crippen MR) is 75.7 cm³/mol. The molecule has 0 aliphatic carbocycles. The van der Waals surface area contributed by atoms with Crippen LogP contribution in [0.2, 0.25) is 0 Å². The van der Waals surface area contributed by atoms with Crippen molar-refractivity contribution in [1.82, 2.24) is 0 Å². The summed E-state index contributed by atoms with van der Waals surface area (Å²) in [6.07, 6.45) is 0.123. The van der Waals surface area contributed by atoms with Crippen LogP contribution in [0.4, 0.5) is 0 Å². The number of phenolic OH excluding ortho intramolecular Hbond substituents is 1. The standard InChI is InChI=1S/C15H12N2O4/c1-2-12(18)14-13(19)8-7-11-15(14)17(21)10-6-4-3-5-9(10)16(11)20/h3-8,19H,2H2,1H3. The van der Waals surface area contributed by atoms with Crippen molar-refractivity contribution in [3.63, 3.8) is 0 Å². The molecule has 6 heteroatoms. The van der Waals surface area contributed by atoms with Gasteiger partial charge in [-0.1, -0.05) is 19.1 Å². The number of ketones is 1. The number of carbonyl (C=O) groups excluding carboxylic acids is 1. The molecule has 3 rings (SSSR count). The van der Waals surface area contributed by atoms with Gasteiger partial charge in [-0.3, -0.25) is 4.79 Å². The van der Waals surface area contributed by atoms with Gasteiger partial charge in [-0.05, 0) is 6.07 Å². The highest BCUT2D eigenvalue weighted by atomic mass is 16.5. The average molecular weight is 284 g/mol. The molecule has 0 bridgehead atoms. The number of rotatable bonds is 2. The van der Waals surface area contributed by atoms with Crippen molar-refractivity contribution in [2.45, 2.75) is 13.3 Å². The van der Waals surface area contributed by atoms with Crippen molar-refractivity contribution in [3.05, 3.63) is 52.4 Å². The Balaban J connectivity index is 2.60. The van der Waals surface area contributed by atoms with E-state index in [0.29, 0.717) is 9.46 Å². The number of hydrogen-bond acceptors (Lipinski definition) is 4. The molecule has 21 heavy (non-hydrogen) atoms. The average Bonchev–Trinajstić information content (AvgIpc) is 2.51. The fourth-order valence-corrected chi connectivity index (χ4v) is 2.45. The molecule has 0 aliphatic rings. The van der Waals surface area contributed by atoms with Gasteiger partial charge in [-0.2, -0.15) is 9.46 Å². The maximum absolute atomic E-state index is 12.5. The molecule has 0 radical (unpaired) electrons. The molecule has 0 saturated carbocycles. The third kappa shape index (κ3) is 1.76. The summed E-state index contributed by atoms with van der Waals surface area (Å²) in [7, 11) is 0. The second-order valence-electron chi connectivity index (χ2n) is 4.68. The lowest BCUT2D eigenvalue weighted by molar-refractivity contribution is -0.591. The molecule has 0 aliphatic heterocycles. The molecule has 0 fully saturated rings. The smallest absolute Gasteiger partial charge is 0.305 e. The van der Waals surface area contributed by atoms with Gasteiger partial charge in [0.15, 0.2) is 5.78 Å². The maximum Gasteiger partial charge on any atom is 0.305 e. The Bertz CT molecular complexity index is 890. The van der Waals surface area contributed by atoms with E-state index < -0.39 is 5.78 Å². The fourth-order valence-electron chi connectivity index (χ4n) is 2.45. The molecule has 1 N–H and O–H groups in total. The van der Waals surface area contributed by atoms with E-state index >= 15 is 0 Å². The summed E-state index contributed by atoms with van der Waals surface area (Å²) in [6, 6.07) is 8.91. The summed E-state index contributed by atoms with van der Waals surface area (Å²) in [5.41, 5.74) is 0.200. The first-order valence-electron chi connectivity index (χ1n) is 6.49. The SMILES string of the molecule is CCC(=O)c1c(O)ccc2c1[n+]([O-])c1ccccc1[n+]2[O-]. The highest BCUT2D eigenvalue weighted by molar-refractivity contribution is 6.07. The summed E-state index contributed by atoms with van der Waals surface area (Å²) in [4.78, 5) is 12.0. The number of carbonyl (C=O) groups is 1. The highest BCUT2D eigenvalue weighted by Crippen LogP contribution is 2.25. The van der Waals surface area contributed by atoms with E-state index in [1.807, 2.05) is 0 Å². The van der Waals surface area contributed by atoms with Crippen LogP contribution in [0.5, 0.6) is 5.75 Å². The van der Waals surface area contributed by atoms with Gasteiger partial charge in [0.2, 0.25) is 0 Å². The summed E-state index contributed by atoms with van der Waals surface area (Å²) >= 11 is 0. The molecule has 6 nitrogen and oxygen atoms in total. The lowest BCUT2D eigenvalue weighted by Gasteiger charge is -2.10. The molecule has 106 valence electrons. The van der Waals surface area contributed by atoms with Crippen LogP contribution in [0.3, 0.4) is 0 Å². The molecule has 1 aromatic heterocycles. The molecule has 0 amide bonds. The quantitative estimate of drug-likeness (QED) is 0.334. The third-order valence-electron chi connectivity index (χ3n) is 3.48. The molecular weight excluding hydrogens is 272 g/mol. The number of para-hydroxylation sites is 2. The normalized spacial score (nSPS) is 11.1. The number of benzene rings is 2. The second-order valence-corrected chi connectivity index (χ2v) is 4.68. The van der Waals surface area contributed by atoms with Gasteiger partial charge in [-0.15, -0.1) is 0 Å². The summed E-state index contributed by atoms with van der Waals surface area (Å²) < 4.78 is 1.13. The zero-order chi connectivity index (χ0) is 15.1. The van der Waals surface area contributed by atoms with Gasteiger partial charge < -0.3 is 15.5 Å². The fraction of sp³-hybridized carbons (Fsp3) is 0.133. The van der Waals surface area contributed by atoms with E-state index in [1.165, 1.54) is 24.3 Å². The molecule has 0 unspecified atom stereocenters. The van der Waals surface area contributed by atoms with Crippen LogP contribution in [0, 0.1) is 10.4 Å². The van der Waals surface area contributed by atoms with Crippen LogP contribution < -0.4 is 9.46 Å². The van der Waals surface area contributed by atoms with Crippen LogP contribution in [-0.2, 0) is 0 Å². The van der Waals surface area contributed by atoms with Crippen molar-refractivity contribution in [2.75, 3.05) is 0 Å². The minimum absolute atomic E-state index is 0.0540. The van der Waals surface area contributed by atoms with Crippen LogP contribution >= 0.6 is 0 Å². The van der Waals surface area contributed by atoms with Gasteiger partial charge in [0.1, 0.15) is 11.3 Å². The number of aromatic hydroxyl groups is 1. The summed E-state index contributed by atoms with van der Waals surface area (Å²) in [5, 5.41) is 34.8. The molecule has 2 aromatic carbocycles. The Morgan fingerprint density at radius 3 is 2.29 bits per heavy atom. The number of hydrogen-bond donors (Lipinski definition) is 1. The summed E-state index contributed by atoms with van der Waals surface area (Å²) in [5.74, 6) is -0.688. The van der Waals surface area contributed by atoms with E-state index in [0.717, 1.165) is 0 Å². The van der Waals surface area contributed by atoms with Crippen molar-refractivity contribution in [2.24, 2.45) is 0 Å². The monoisotopic (exact) mass is 284 g/mol. The van der Waals surface area contributed by atoms with Crippen LogP contribution in [0.25, 0.3) is 22.1 Å². The molecular formula is C15H12N2O4. The Morgan fingerprint density at radius 1 is 1.05 bits per heavy atom. The topological polar surface area (TPSA) is 91.2 Å². The third-order valence-corrected chi connectivity index (χ3v) is 3.48. The maximum atomic E-state index is 12.5. The molecule has 0 saturated heterocycles. The Labute approximate surface area is 119 Å². The Kier molecular flexibility index (Phi) is 2.86. The van der Waals surface area contributed by atoms with Gasteiger partial charge in [0.25, 0.3) is 16.6 Å². The van der Waals surface area contributed by atoms with Crippen molar-refractivity contribution < 1.29 is 19.4 Å². The largest absolute Gasteiger partial charge is 0.617 e. The van der Waals surface area contributed by atoms with Gasteiger partial charge in [-0.25, -0.2) is 0 Å². The second kappa shape index (κ2) is 4.59. The van der Waals surface area contributed by atoms with Gasteiger partial charge in [0, 0.05) is 24.6 Å². The van der Waals surface area contributed by atoms with E-state index in [2.05, 4.69) is 0 Å². The van der Waals surface area contributed by atoms with E-state index in [4.69, 9.17) is 0 Å². The Morgan fingerprint density at radius 2 is 1.67 bits per heavy atom. The van der Waals surface area contributed by atoms with Crippen molar-refractivity contribution in [3.8, 4) is 5.75 Å². The lowest BCUT2D eigenvalue weighted by atomic mass is 10.0. The number of nitrogens with zero attached hydrogens (tertiary/aromatic N) is 2. The van der Waals surface area contributed by atoms with E-state index in [-0.39, 0.29) is 39.8 Å². The van der Waals surface area contributed by atoms with E-state index in [9.17, 15) is 20.3 Å². The molecule has 0 atom stereocenters. The first-order chi connectivity index (χ1) is 10.1. The Hall–Kier alpha value is -2.89. The minimum atomic E-state index is -0.391. The van der Waals surface area contributed by atoms with Gasteiger partial charge >= 0.3 is 5.52 Å². The van der Waals surface area contributed by atoms with Crippen LogP contribution in [0.1, 0.15) is 23.7 Å². The number of fused-ring (bicyclic) bond motifs is 2. The zero-order valence-corrected chi connectivity index (χ0v) is 11.2. The highest BCUT2D eigenvalue weighted by Gasteiger charge is 2.28. The van der Waals surface area contributed by atoms with E-state index in [1.54, 1.807) is 19.1 Å². The van der Waals surface area contributed by atoms with Crippen molar-refractivity contribution in [1.29, 1.82) is 0 Å². The van der Waals surface area contributed by atoms with Crippen molar-refractivity contribution >= 4 is 27.9 Å². The first kappa shape index (κ1) is 13.1. The predicted octanol–water partition coefficient (Wildman–Crippen LogP) is 1.56. The van der Waals surface area contributed by atoms with Crippen LogP contribution in [-0.4, -0.2) is 10.9 Å². The molecule has 1 heterocycles. The minimum Gasteiger partial charge on any atom is -0.617 e. The van der Waals surface area contributed by atoms with Crippen LogP contribution in [0.15, 0.2) is 36.4 Å². The number of aromatic nitrogens is 2. The zero-order valence-electron chi connectivity index (χ0n) is 11.2. The molecule has 0 spiro atoms. The number of Topliss-reactive ketones (excluding diaryl/α,β-unsaturated/α-hetero) is 1. The first-order valence-corrected chi connectivity index (χ1v) is 6.49. The lowest BCUT2D eigenvalue weighted by Crippen LogP contribution is -2.40.